The monoisotopic (exact) mass is 290 g/mol. The highest BCUT2D eigenvalue weighted by molar-refractivity contribution is 5.67. The molecule has 2 unspecified atom stereocenters. The van der Waals surface area contributed by atoms with Gasteiger partial charge in [0.25, 0.3) is 0 Å². The van der Waals surface area contributed by atoms with Crippen LogP contribution in [0.15, 0.2) is 0 Å². The molecule has 0 radical (unpaired) electrons. The molecule has 1 aliphatic rings. The largest absolute Gasteiger partial charge is 0.463 e. The summed E-state index contributed by atoms with van der Waals surface area (Å²) in [5, 5.41) is 9.72. The number of carbonyl (C=O) groups excluding carboxylic acids is 3. The van der Waals surface area contributed by atoms with Gasteiger partial charge in [-0.2, -0.15) is 0 Å². The summed E-state index contributed by atoms with van der Waals surface area (Å²) < 4.78 is 19.9. The van der Waals surface area contributed by atoms with Gasteiger partial charge in [0, 0.05) is 27.2 Å². The maximum absolute atomic E-state index is 11.1. The van der Waals surface area contributed by atoms with Crippen LogP contribution < -0.4 is 0 Å². The van der Waals surface area contributed by atoms with Crippen molar-refractivity contribution in [3.8, 4) is 0 Å². The zero-order valence-electron chi connectivity index (χ0n) is 11.5. The van der Waals surface area contributed by atoms with Crippen LogP contribution in [-0.4, -0.2) is 54.2 Å². The lowest BCUT2D eigenvalue weighted by Gasteiger charge is -2.37. The number of aliphatic hydroxyl groups excluding tert-OH is 1. The summed E-state index contributed by atoms with van der Waals surface area (Å²) in [5.41, 5.74) is 0. The van der Waals surface area contributed by atoms with E-state index in [9.17, 15) is 19.5 Å². The van der Waals surface area contributed by atoms with Crippen molar-refractivity contribution in [3.05, 3.63) is 0 Å². The molecule has 1 heterocycles. The molecule has 1 fully saturated rings. The number of aliphatic hydroxyl groups is 1. The normalized spacial score (nSPS) is 29.4. The maximum Gasteiger partial charge on any atom is 0.303 e. The highest BCUT2D eigenvalue weighted by Crippen LogP contribution is 2.24. The van der Waals surface area contributed by atoms with Gasteiger partial charge in [0.15, 0.2) is 12.4 Å². The van der Waals surface area contributed by atoms with Gasteiger partial charge in [-0.25, -0.2) is 0 Å². The van der Waals surface area contributed by atoms with Crippen LogP contribution in [0.5, 0.6) is 0 Å². The number of hydrogen-bond donors (Lipinski definition) is 1. The van der Waals surface area contributed by atoms with Crippen LogP contribution in [0.3, 0.4) is 0 Å². The van der Waals surface area contributed by atoms with E-state index < -0.39 is 42.5 Å². The van der Waals surface area contributed by atoms with E-state index in [1.165, 1.54) is 20.8 Å². The Labute approximate surface area is 115 Å². The van der Waals surface area contributed by atoms with Crippen LogP contribution in [0.1, 0.15) is 27.2 Å². The topological polar surface area (TPSA) is 108 Å². The molecule has 1 aliphatic heterocycles. The van der Waals surface area contributed by atoms with E-state index in [-0.39, 0.29) is 13.0 Å². The molecule has 0 spiro atoms. The molecule has 0 aliphatic carbocycles. The average molecular weight is 290 g/mol. The first-order valence-corrected chi connectivity index (χ1v) is 6.11. The van der Waals surface area contributed by atoms with Gasteiger partial charge in [-0.15, -0.1) is 0 Å². The number of esters is 3. The van der Waals surface area contributed by atoms with Crippen LogP contribution in [0, 0.1) is 0 Å². The lowest BCUT2D eigenvalue weighted by atomic mass is 10.0. The predicted molar refractivity (Wildman–Crippen MR) is 63.2 cm³/mol. The first-order valence-electron chi connectivity index (χ1n) is 6.11. The number of rotatable bonds is 4. The molecular weight excluding hydrogens is 272 g/mol. The summed E-state index contributed by atoms with van der Waals surface area (Å²) in [6, 6.07) is 0. The summed E-state index contributed by atoms with van der Waals surface area (Å²) in [5.74, 6) is -1.66. The average Bonchev–Trinajstić information content (AvgIpc) is 2.29. The molecule has 1 saturated heterocycles. The van der Waals surface area contributed by atoms with Crippen LogP contribution in [-0.2, 0) is 33.3 Å². The fourth-order valence-electron chi connectivity index (χ4n) is 1.85. The minimum atomic E-state index is -1.37. The first-order chi connectivity index (χ1) is 9.29. The number of carbonyl (C=O) groups is 3. The fraction of sp³-hybridized carbons (Fsp3) is 0.750. The predicted octanol–water partition coefficient (Wildman–Crippen LogP) is -0.480. The van der Waals surface area contributed by atoms with E-state index in [1.54, 1.807) is 0 Å². The molecule has 0 aromatic heterocycles. The molecule has 1 N–H and O–H groups in total. The molecule has 0 saturated carbocycles. The smallest absolute Gasteiger partial charge is 0.303 e. The van der Waals surface area contributed by atoms with Crippen molar-refractivity contribution in [2.24, 2.45) is 0 Å². The zero-order valence-corrected chi connectivity index (χ0v) is 11.5. The van der Waals surface area contributed by atoms with E-state index in [1.807, 2.05) is 0 Å². The SMILES string of the molecule is CC(=O)OC[C@@H]1OC(O)[C@H](OC(C)=O)CC1OC(C)=O. The molecule has 0 aromatic carbocycles. The summed E-state index contributed by atoms with van der Waals surface area (Å²) in [4.78, 5) is 32.8. The second-order valence-electron chi connectivity index (χ2n) is 4.40. The van der Waals surface area contributed by atoms with Crippen molar-refractivity contribution in [1.82, 2.24) is 0 Å². The van der Waals surface area contributed by atoms with E-state index in [4.69, 9.17) is 18.9 Å². The van der Waals surface area contributed by atoms with Gasteiger partial charge in [-0.3, -0.25) is 14.4 Å². The van der Waals surface area contributed by atoms with Crippen LogP contribution in [0.4, 0.5) is 0 Å². The molecule has 0 aromatic rings. The summed E-state index contributed by atoms with van der Waals surface area (Å²) >= 11 is 0. The van der Waals surface area contributed by atoms with Crippen LogP contribution in [0.2, 0.25) is 0 Å². The Morgan fingerprint density at radius 2 is 1.60 bits per heavy atom. The third-order valence-corrected chi connectivity index (χ3v) is 2.60. The molecule has 0 bridgehead atoms. The summed E-state index contributed by atoms with van der Waals surface area (Å²) in [7, 11) is 0. The Bertz CT molecular complexity index is 380. The molecule has 4 atom stereocenters. The Morgan fingerprint density at radius 3 is 2.10 bits per heavy atom. The van der Waals surface area contributed by atoms with E-state index in [2.05, 4.69) is 0 Å². The second kappa shape index (κ2) is 7.20. The van der Waals surface area contributed by atoms with Gasteiger partial charge in [0.2, 0.25) is 0 Å². The zero-order chi connectivity index (χ0) is 15.3. The highest BCUT2D eigenvalue weighted by Gasteiger charge is 2.41. The van der Waals surface area contributed by atoms with Crippen molar-refractivity contribution >= 4 is 17.9 Å². The third-order valence-electron chi connectivity index (χ3n) is 2.60. The number of hydrogen-bond acceptors (Lipinski definition) is 8. The van der Waals surface area contributed by atoms with Crippen molar-refractivity contribution in [3.63, 3.8) is 0 Å². The lowest BCUT2D eigenvalue weighted by molar-refractivity contribution is -0.262. The second-order valence-corrected chi connectivity index (χ2v) is 4.40. The molecule has 8 heteroatoms. The van der Waals surface area contributed by atoms with Gasteiger partial charge in [-0.1, -0.05) is 0 Å². The Balaban J connectivity index is 2.70. The van der Waals surface area contributed by atoms with Gasteiger partial charge >= 0.3 is 17.9 Å². The van der Waals surface area contributed by atoms with Crippen LogP contribution in [0.25, 0.3) is 0 Å². The van der Waals surface area contributed by atoms with Gasteiger partial charge in [0.1, 0.15) is 18.8 Å². The fourth-order valence-corrected chi connectivity index (χ4v) is 1.85. The van der Waals surface area contributed by atoms with Crippen molar-refractivity contribution in [2.45, 2.75) is 51.8 Å². The maximum atomic E-state index is 11.1. The van der Waals surface area contributed by atoms with Gasteiger partial charge in [-0.05, 0) is 0 Å². The molecule has 1 rings (SSSR count). The third kappa shape index (κ3) is 5.14. The molecule has 114 valence electrons. The quantitative estimate of drug-likeness (QED) is 0.546. The van der Waals surface area contributed by atoms with Crippen molar-refractivity contribution in [2.75, 3.05) is 6.61 Å². The number of ether oxygens (including phenoxy) is 4. The van der Waals surface area contributed by atoms with Gasteiger partial charge < -0.3 is 24.1 Å². The van der Waals surface area contributed by atoms with Crippen molar-refractivity contribution < 1.29 is 38.4 Å². The van der Waals surface area contributed by atoms with Crippen LogP contribution >= 0.6 is 0 Å². The molecule has 0 amide bonds. The van der Waals surface area contributed by atoms with E-state index in [0.29, 0.717) is 0 Å². The minimum absolute atomic E-state index is 0.0618. The molecular formula is C12H18O8. The summed E-state index contributed by atoms with van der Waals surface area (Å²) in [6.07, 6.45) is -3.84. The van der Waals surface area contributed by atoms with Crippen molar-refractivity contribution in [1.29, 1.82) is 0 Å². The molecule has 20 heavy (non-hydrogen) atoms. The first kappa shape index (κ1) is 16.4. The van der Waals surface area contributed by atoms with Gasteiger partial charge in [0.05, 0.1) is 0 Å². The molecule has 8 nitrogen and oxygen atoms in total. The van der Waals surface area contributed by atoms with E-state index in [0.717, 1.165) is 0 Å². The minimum Gasteiger partial charge on any atom is -0.463 e. The summed E-state index contributed by atoms with van der Waals surface area (Å²) in [6.45, 7) is 3.46. The standard InChI is InChI=1S/C12H18O8/c1-6(13)17-5-11-9(18-7(2)14)4-10(12(16)20-11)19-8(3)15/h9-12,16H,4-5H2,1-3H3/t9?,10-,11+,12?/m1/s1. The lowest BCUT2D eigenvalue weighted by Crippen LogP contribution is -2.51. The Hall–Kier alpha value is -1.67. The Morgan fingerprint density at radius 1 is 1.05 bits per heavy atom. The van der Waals surface area contributed by atoms with E-state index >= 15 is 0 Å². The Kier molecular flexibility index (Phi) is 5.90. The highest BCUT2D eigenvalue weighted by atomic mass is 16.7.